The van der Waals surface area contributed by atoms with E-state index in [9.17, 15) is 9.59 Å². The molecule has 0 aromatic carbocycles. The molecule has 2 amide bonds. The summed E-state index contributed by atoms with van der Waals surface area (Å²) in [6.45, 7) is 0.356. The molecule has 80 valence electrons. The van der Waals surface area contributed by atoms with E-state index in [1.54, 1.807) is 0 Å². The van der Waals surface area contributed by atoms with Crippen LogP contribution in [0.4, 0.5) is 0 Å². The molecule has 0 fully saturated rings. The Bertz CT molecular complexity index is 132. The molecule has 0 aliphatic heterocycles. The maximum atomic E-state index is 9.74. The van der Waals surface area contributed by atoms with Gasteiger partial charge in [-0.3, -0.25) is 9.59 Å². The predicted molar refractivity (Wildman–Crippen MR) is 56.0 cm³/mol. The fourth-order valence-corrected chi connectivity index (χ4v) is 0.142. The van der Waals surface area contributed by atoms with Crippen LogP contribution in [0.3, 0.4) is 0 Å². The normalized spacial score (nSPS) is 7.08. The highest BCUT2D eigenvalue weighted by atomic mass is 79.9. The maximum absolute atomic E-state index is 9.74. The molecule has 0 aromatic heterocycles. The van der Waals surface area contributed by atoms with Crippen molar-refractivity contribution in [2.45, 2.75) is 6.42 Å². The van der Waals surface area contributed by atoms with Crippen LogP contribution < -0.4 is 22.9 Å². The summed E-state index contributed by atoms with van der Waals surface area (Å²) in [7, 11) is 1.50. The first-order valence-corrected chi connectivity index (χ1v) is 4.57. The van der Waals surface area contributed by atoms with Crippen molar-refractivity contribution in [1.82, 2.24) is 0 Å². The topological polar surface area (TPSA) is 138 Å². The van der Waals surface area contributed by atoms with Crippen LogP contribution in [0.5, 0.6) is 0 Å². The summed E-state index contributed by atoms with van der Waals surface area (Å²) in [6.07, 6.45) is 0.292. The Morgan fingerprint density at radius 1 is 1.15 bits per heavy atom. The molecule has 6 nitrogen and oxygen atoms in total. The van der Waals surface area contributed by atoms with Crippen LogP contribution in [-0.4, -0.2) is 30.7 Å². The fraction of sp³-hybridized carbons (Fsp3) is 0.667. The highest BCUT2D eigenvalue weighted by molar-refractivity contribution is 9.09. The molecular formula is C6H17BrN4O2. The van der Waals surface area contributed by atoms with Crippen LogP contribution in [0.25, 0.3) is 0 Å². The molecular weight excluding hydrogens is 240 g/mol. The van der Waals surface area contributed by atoms with Crippen LogP contribution >= 0.6 is 15.9 Å². The molecule has 7 heteroatoms. The highest BCUT2D eigenvalue weighted by Gasteiger charge is 1.84. The number of carbonyl (C=O) groups excluding carboxylic acids is 2. The standard InChI is InChI=1S/C3H8N2O.C2H4BrNO.CH5N/c4-2-1-3(5)6;3-1-2(4)5;1-2/h1-2,4H2,(H2,5,6);1H2,(H2,4,5);2H2,1H3. The molecule has 0 saturated heterocycles. The lowest BCUT2D eigenvalue weighted by molar-refractivity contribution is -0.118. The van der Waals surface area contributed by atoms with Gasteiger partial charge in [-0.1, -0.05) is 15.9 Å². The molecule has 0 aliphatic rings. The number of hydrogen-bond acceptors (Lipinski definition) is 4. The van der Waals surface area contributed by atoms with Crippen LogP contribution in [0.15, 0.2) is 0 Å². The van der Waals surface area contributed by atoms with E-state index >= 15 is 0 Å². The molecule has 0 unspecified atom stereocenters. The second kappa shape index (κ2) is 17.4. The quantitative estimate of drug-likeness (QED) is 0.446. The van der Waals surface area contributed by atoms with Gasteiger partial charge in [0.15, 0.2) is 0 Å². The lowest BCUT2D eigenvalue weighted by Crippen LogP contribution is -2.15. The average Bonchev–Trinajstić information content (AvgIpc) is 2.09. The lowest BCUT2D eigenvalue weighted by atomic mass is 10.4. The average molecular weight is 257 g/mol. The van der Waals surface area contributed by atoms with E-state index in [0.29, 0.717) is 13.0 Å². The van der Waals surface area contributed by atoms with Gasteiger partial charge in [0.2, 0.25) is 11.8 Å². The second-order valence-electron chi connectivity index (χ2n) is 1.60. The van der Waals surface area contributed by atoms with Gasteiger partial charge in [-0.2, -0.15) is 0 Å². The van der Waals surface area contributed by atoms with Crippen LogP contribution in [0, 0.1) is 0 Å². The van der Waals surface area contributed by atoms with E-state index in [-0.39, 0.29) is 17.1 Å². The Kier molecular flexibility index (Phi) is 24.4. The number of amides is 2. The van der Waals surface area contributed by atoms with Crippen molar-refractivity contribution in [2.24, 2.45) is 22.9 Å². The molecule has 0 radical (unpaired) electrons. The van der Waals surface area contributed by atoms with Crippen LogP contribution in [-0.2, 0) is 9.59 Å². The minimum Gasteiger partial charge on any atom is -0.370 e. The van der Waals surface area contributed by atoms with E-state index in [1.807, 2.05) is 0 Å². The summed E-state index contributed by atoms with van der Waals surface area (Å²) in [5.41, 5.74) is 18.7. The summed E-state index contributed by atoms with van der Waals surface area (Å²) in [6, 6.07) is 0. The molecule has 0 spiro atoms. The Morgan fingerprint density at radius 2 is 1.46 bits per heavy atom. The van der Waals surface area contributed by atoms with E-state index in [4.69, 9.17) is 5.73 Å². The van der Waals surface area contributed by atoms with Gasteiger partial charge < -0.3 is 22.9 Å². The summed E-state index contributed by atoms with van der Waals surface area (Å²) in [5, 5.41) is 0.257. The highest BCUT2D eigenvalue weighted by Crippen LogP contribution is 1.71. The van der Waals surface area contributed by atoms with Crippen LogP contribution in [0.1, 0.15) is 6.42 Å². The third-order valence-corrected chi connectivity index (χ3v) is 1.08. The minimum absolute atomic E-state index is 0.257. The molecule has 0 bridgehead atoms. The minimum atomic E-state index is -0.336. The van der Waals surface area contributed by atoms with Crippen molar-refractivity contribution < 1.29 is 9.59 Å². The van der Waals surface area contributed by atoms with E-state index in [1.165, 1.54) is 7.05 Å². The van der Waals surface area contributed by atoms with E-state index in [2.05, 4.69) is 33.1 Å². The summed E-state index contributed by atoms with van der Waals surface area (Å²) in [4.78, 5) is 19.3. The molecule has 0 atom stereocenters. The van der Waals surface area contributed by atoms with Gasteiger partial charge in [-0.15, -0.1) is 0 Å². The Balaban J connectivity index is -0.000000131. The van der Waals surface area contributed by atoms with Crippen molar-refractivity contribution in [3.05, 3.63) is 0 Å². The fourth-order valence-electron chi connectivity index (χ4n) is 0.142. The number of nitrogens with two attached hydrogens (primary N) is 4. The molecule has 0 aliphatic carbocycles. The van der Waals surface area contributed by atoms with Crippen molar-refractivity contribution in [3.63, 3.8) is 0 Å². The van der Waals surface area contributed by atoms with Gasteiger partial charge in [-0.05, 0) is 7.05 Å². The lowest BCUT2D eigenvalue weighted by Gasteiger charge is -1.82. The van der Waals surface area contributed by atoms with Gasteiger partial charge in [0, 0.05) is 13.0 Å². The zero-order valence-corrected chi connectivity index (χ0v) is 9.21. The van der Waals surface area contributed by atoms with E-state index in [0.717, 1.165) is 0 Å². The third kappa shape index (κ3) is 52.5. The number of carbonyl (C=O) groups is 2. The number of hydrogen-bond donors (Lipinski definition) is 4. The molecule has 13 heavy (non-hydrogen) atoms. The first-order chi connectivity index (χ1) is 6.04. The number of primary amides is 2. The van der Waals surface area contributed by atoms with Gasteiger partial charge in [-0.25, -0.2) is 0 Å². The second-order valence-corrected chi connectivity index (χ2v) is 2.17. The Labute approximate surface area is 86.1 Å². The first kappa shape index (κ1) is 18.2. The van der Waals surface area contributed by atoms with Crippen molar-refractivity contribution >= 4 is 27.7 Å². The van der Waals surface area contributed by atoms with Gasteiger partial charge in [0.25, 0.3) is 0 Å². The van der Waals surface area contributed by atoms with E-state index < -0.39 is 0 Å². The Hall–Kier alpha value is -0.660. The number of alkyl halides is 1. The Morgan fingerprint density at radius 3 is 1.46 bits per heavy atom. The van der Waals surface area contributed by atoms with Gasteiger partial charge >= 0.3 is 0 Å². The maximum Gasteiger partial charge on any atom is 0.228 e. The number of rotatable bonds is 3. The largest absolute Gasteiger partial charge is 0.370 e. The number of halogens is 1. The summed E-state index contributed by atoms with van der Waals surface area (Å²) >= 11 is 2.84. The van der Waals surface area contributed by atoms with Crippen molar-refractivity contribution in [2.75, 3.05) is 18.9 Å². The monoisotopic (exact) mass is 256 g/mol. The smallest absolute Gasteiger partial charge is 0.228 e. The molecule has 0 aromatic rings. The van der Waals surface area contributed by atoms with Crippen molar-refractivity contribution in [3.8, 4) is 0 Å². The SMILES string of the molecule is CN.NC(=O)CBr.NCCC(N)=O. The van der Waals surface area contributed by atoms with Crippen LogP contribution in [0.2, 0.25) is 0 Å². The third-order valence-electron chi connectivity index (χ3n) is 0.522. The summed E-state index contributed by atoms with van der Waals surface area (Å²) < 4.78 is 0. The summed E-state index contributed by atoms with van der Waals surface area (Å²) in [5.74, 6) is -0.664. The molecule has 0 saturated carbocycles. The van der Waals surface area contributed by atoms with Gasteiger partial charge in [0.1, 0.15) is 0 Å². The zero-order valence-electron chi connectivity index (χ0n) is 7.63. The predicted octanol–water partition coefficient (Wildman–Crippen LogP) is -1.74. The van der Waals surface area contributed by atoms with Crippen molar-refractivity contribution in [1.29, 1.82) is 0 Å². The molecule has 8 N–H and O–H groups in total. The molecule has 0 heterocycles. The first-order valence-electron chi connectivity index (χ1n) is 3.45. The zero-order chi connectivity index (χ0) is 11.3. The molecule has 0 rings (SSSR count). The van der Waals surface area contributed by atoms with Gasteiger partial charge in [0.05, 0.1) is 5.33 Å².